The van der Waals surface area contributed by atoms with Crippen LogP contribution in [-0.4, -0.2) is 5.11 Å². The monoisotopic (exact) mass is 290 g/mol. The highest BCUT2D eigenvalue weighted by atomic mass is 79.9. The molecule has 2 rings (SSSR count). The molecule has 88 valence electrons. The fourth-order valence-corrected chi connectivity index (χ4v) is 2.43. The summed E-state index contributed by atoms with van der Waals surface area (Å²) in [6.45, 7) is 1.99. The molecule has 0 heterocycles. The molecular weight excluding hydrogens is 276 g/mol. The van der Waals surface area contributed by atoms with Crippen molar-refractivity contribution in [1.82, 2.24) is 0 Å². The van der Waals surface area contributed by atoms with Crippen molar-refractivity contribution in [3.63, 3.8) is 0 Å². The van der Waals surface area contributed by atoms with Gasteiger partial charge in [0.1, 0.15) is 5.60 Å². The highest BCUT2D eigenvalue weighted by Crippen LogP contribution is 2.33. The van der Waals surface area contributed by atoms with Gasteiger partial charge >= 0.3 is 0 Å². The molecule has 1 atom stereocenters. The minimum atomic E-state index is -0.912. The van der Waals surface area contributed by atoms with Crippen molar-refractivity contribution in [3.05, 3.63) is 70.2 Å². The zero-order valence-corrected chi connectivity index (χ0v) is 11.3. The molecule has 2 aromatic rings. The van der Waals surface area contributed by atoms with Gasteiger partial charge in [-0.25, -0.2) is 0 Å². The van der Waals surface area contributed by atoms with E-state index in [2.05, 4.69) is 15.9 Å². The molecule has 0 fully saturated rings. The average molecular weight is 291 g/mol. The van der Waals surface area contributed by atoms with Crippen molar-refractivity contribution in [2.24, 2.45) is 0 Å². The smallest absolute Gasteiger partial charge is 0.114 e. The lowest BCUT2D eigenvalue weighted by Gasteiger charge is -2.28. The second kappa shape index (κ2) is 5.03. The third kappa shape index (κ3) is 2.43. The molecular formula is C15H15BrO. The van der Waals surface area contributed by atoms with E-state index in [1.807, 2.05) is 61.5 Å². The molecule has 0 spiro atoms. The predicted molar refractivity (Wildman–Crippen MR) is 73.9 cm³/mol. The SMILES string of the molecule is CCC(O)(c1ccccc1)c1cccc(Br)c1. The van der Waals surface area contributed by atoms with Crippen LogP contribution in [0.4, 0.5) is 0 Å². The Morgan fingerprint density at radius 2 is 1.65 bits per heavy atom. The van der Waals surface area contributed by atoms with Gasteiger partial charge in [0.2, 0.25) is 0 Å². The predicted octanol–water partition coefficient (Wildman–Crippen LogP) is 4.10. The van der Waals surface area contributed by atoms with Crippen molar-refractivity contribution in [3.8, 4) is 0 Å². The lowest BCUT2D eigenvalue weighted by Crippen LogP contribution is -2.26. The first kappa shape index (κ1) is 12.3. The van der Waals surface area contributed by atoms with Gasteiger partial charge < -0.3 is 5.11 Å². The Morgan fingerprint density at radius 1 is 1.00 bits per heavy atom. The highest BCUT2D eigenvalue weighted by Gasteiger charge is 2.29. The summed E-state index contributed by atoms with van der Waals surface area (Å²) < 4.78 is 0.984. The Labute approximate surface area is 110 Å². The molecule has 0 saturated carbocycles. The van der Waals surface area contributed by atoms with E-state index in [0.717, 1.165) is 15.6 Å². The van der Waals surface area contributed by atoms with Crippen LogP contribution in [0, 0.1) is 0 Å². The minimum Gasteiger partial charge on any atom is -0.380 e. The van der Waals surface area contributed by atoms with Crippen LogP contribution in [0.25, 0.3) is 0 Å². The Morgan fingerprint density at radius 3 is 2.24 bits per heavy atom. The van der Waals surface area contributed by atoms with E-state index in [-0.39, 0.29) is 0 Å². The molecule has 2 aromatic carbocycles. The summed E-state index contributed by atoms with van der Waals surface area (Å²) >= 11 is 3.45. The van der Waals surface area contributed by atoms with Gasteiger partial charge in [-0.05, 0) is 29.7 Å². The molecule has 2 heteroatoms. The Hall–Kier alpha value is -1.12. The van der Waals surface area contributed by atoms with Gasteiger partial charge in [-0.15, -0.1) is 0 Å². The van der Waals surface area contributed by atoms with Crippen LogP contribution in [0.3, 0.4) is 0 Å². The zero-order valence-electron chi connectivity index (χ0n) is 9.73. The molecule has 0 aliphatic heterocycles. The fourth-order valence-electron chi connectivity index (χ4n) is 2.03. The van der Waals surface area contributed by atoms with Gasteiger partial charge in [0.25, 0.3) is 0 Å². The maximum Gasteiger partial charge on any atom is 0.114 e. The Bertz CT molecular complexity index is 495. The van der Waals surface area contributed by atoms with Crippen LogP contribution in [0.15, 0.2) is 59.1 Å². The summed E-state index contributed by atoms with van der Waals surface area (Å²) in [5.74, 6) is 0. The molecule has 0 amide bonds. The van der Waals surface area contributed by atoms with E-state index >= 15 is 0 Å². The zero-order chi connectivity index (χ0) is 12.3. The first-order chi connectivity index (χ1) is 8.16. The average Bonchev–Trinajstić information content (AvgIpc) is 2.39. The molecule has 1 unspecified atom stereocenters. The summed E-state index contributed by atoms with van der Waals surface area (Å²) in [4.78, 5) is 0. The first-order valence-electron chi connectivity index (χ1n) is 5.71. The molecule has 0 aliphatic rings. The second-order valence-electron chi connectivity index (χ2n) is 4.09. The van der Waals surface area contributed by atoms with Gasteiger partial charge in [-0.2, -0.15) is 0 Å². The van der Waals surface area contributed by atoms with Crippen LogP contribution in [-0.2, 0) is 5.60 Å². The third-order valence-electron chi connectivity index (χ3n) is 3.07. The number of rotatable bonds is 3. The fraction of sp³-hybridized carbons (Fsp3) is 0.200. The summed E-state index contributed by atoms with van der Waals surface area (Å²) in [7, 11) is 0. The van der Waals surface area contributed by atoms with E-state index < -0.39 is 5.60 Å². The van der Waals surface area contributed by atoms with Crippen LogP contribution in [0.2, 0.25) is 0 Å². The van der Waals surface area contributed by atoms with E-state index in [4.69, 9.17) is 0 Å². The van der Waals surface area contributed by atoms with Crippen LogP contribution < -0.4 is 0 Å². The maximum atomic E-state index is 10.9. The quantitative estimate of drug-likeness (QED) is 0.903. The standard InChI is InChI=1S/C15H15BrO/c1-2-15(17,12-7-4-3-5-8-12)13-9-6-10-14(16)11-13/h3-11,17H,2H2,1H3. The van der Waals surface area contributed by atoms with E-state index in [0.29, 0.717) is 6.42 Å². The molecule has 0 aliphatic carbocycles. The van der Waals surface area contributed by atoms with Gasteiger partial charge in [-0.3, -0.25) is 0 Å². The largest absolute Gasteiger partial charge is 0.380 e. The number of benzene rings is 2. The van der Waals surface area contributed by atoms with Crippen LogP contribution in [0.1, 0.15) is 24.5 Å². The summed E-state index contributed by atoms with van der Waals surface area (Å²) in [6, 6.07) is 17.6. The van der Waals surface area contributed by atoms with Crippen molar-refractivity contribution in [2.45, 2.75) is 18.9 Å². The number of aliphatic hydroxyl groups is 1. The Kier molecular flexibility index (Phi) is 3.65. The molecule has 0 aromatic heterocycles. The molecule has 0 radical (unpaired) electrons. The molecule has 17 heavy (non-hydrogen) atoms. The van der Waals surface area contributed by atoms with Crippen LogP contribution in [0.5, 0.6) is 0 Å². The van der Waals surface area contributed by atoms with Gasteiger partial charge in [0.05, 0.1) is 0 Å². The minimum absolute atomic E-state index is 0.646. The van der Waals surface area contributed by atoms with Crippen molar-refractivity contribution >= 4 is 15.9 Å². The number of hydrogen-bond acceptors (Lipinski definition) is 1. The summed E-state index contributed by atoms with van der Waals surface area (Å²) in [5.41, 5.74) is 0.937. The molecule has 1 N–H and O–H groups in total. The van der Waals surface area contributed by atoms with Gasteiger partial charge in [0, 0.05) is 4.47 Å². The van der Waals surface area contributed by atoms with Crippen molar-refractivity contribution in [2.75, 3.05) is 0 Å². The molecule has 1 nitrogen and oxygen atoms in total. The lowest BCUT2D eigenvalue weighted by atomic mass is 9.84. The van der Waals surface area contributed by atoms with E-state index in [1.165, 1.54) is 0 Å². The van der Waals surface area contributed by atoms with Crippen LogP contribution >= 0.6 is 15.9 Å². The summed E-state index contributed by atoms with van der Waals surface area (Å²) in [6.07, 6.45) is 0.646. The Balaban J connectivity index is 2.52. The topological polar surface area (TPSA) is 20.2 Å². The van der Waals surface area contributed by atoms with E-state index in [1.54, 1.807) is 0 Å². The van der Waals surface area contributed by atoms with Crippen molar-refractivity contribution in [1.29, 1.82) is 0 Å². The van der Waals surface area contributed by atoms with Gasteiger partial charge in [-0.1, -0.05) is 65.3 Å². The first-order valence-corrected chi connectivity index (χ1v) is 6.50. The van der Waals surface area contributed by atoms with Gasteiger partial charge in [0.15, 0.2) is 0 Å². The number of hydrogen-bond donors (Lipinski definition) is 1. The molecule has 0 saturated heterocycles. The number of halogens is 1. The normalized spacial score (nSPS) is 14.3. The second-order valence-corrected chi connectivity index (χ2v) is 5.01. The van der Waals surface area contributed by atoms with E-state index in [9.17, 15) is 5.11 Å². The summed E-state index contributed by atoms with van der Waals surface area (Å²) in [5, 5.41) is 10.9. The third-order valence-corrected chi connectivity index (χ3v) is 3.56. The molecule has 0 bridgehead atoms. The lowest BCUT2D eigenvalue weighted by molar-refractivity contribution is 0.0765. The highest BCUT2D eigenvalue weighted by molar-refractivity contribution is 9.10. The maximum absolute atomic E-state index is 10.9. The van der Waals surface area contributed by atoms with Crippen molar-refractivity contribution < 1.29 is 5.11 Å².